The second-order valence-electron chi connectivity index (χ2n) is 3.43. The fourth-order valence-electron chi connectivity index (χ4n) is 1.57. The van der Waals surface area contributed by atoms with Crippen LogP contribution in [-0.4, -0.2) is 14.3 Å². The highest BCUT2D eigenvalue weighted by molar-refractivity contribution is 8.13. The number of fused-ring (bicyclic) bond motifs is 1. The van der Waals surface area contributed by atoms with Crippen molar-refractivity contribution in [3.05, 3.63) is 22.7 Å². The first kappa shape index (κ1) is 11.7. The van der Waals surface area contributed by atoms with Crippen LogP contribution in [-0.2, 0) is 20.3 Å². The summed E-state index contributed by atoms with van der Waals surface area (Å²) in [6, 6.07) is 2.81. The Bertz CT molecular complexity index is 568. The molecule has 86 valence electrons. The smallest absolute Gasteiger partial charge is 0.262 e. The van der Waals surface area contributed by atoms with Crippen LogP contribution >= 0.6 is 22.3 Å². The molecule has 1 N–H and O–H groups in total. The first-order chi connectivity index (χ1) is 7.38. The average molecular weight is 280 g/mol. The molecule has 16 heavy (non-hydrogen) atoms. The number of rotatable bonds is 1. The highest BCUT2D eigenvalue weighted by atomic mass is 35.7. The summed E-state index contributed by atoms with van der Waals surface area (Å²) in [4.78, 5) is 11.0. The summed E-state index contributed by atoms with van der Waals surface area (Å²) in [6.45, 7) is 0. The maximum absolute atomic E-state index is 11.2. The van der Waals surface area contributed by atoms with E-state index in [0.29, 0.717) is 18.5 Å². The molecule has 1 aliphatic rings. The lowest BCUT2D eigenvalue weighted by Crippen LogP contribution is -2.19. The second kappa shape index (κ2) is 3.91. The number of anilines is 1. The molecule has 0 saturated heterocycles. The molecule has 1 aliphatic heterocycles. The Balaban J connectivity index is 2.59. The molecule has 0 fully saturated rings. The Morgan fingerprint density at radius 3 is 2.56 bits per heavy atom. The molecule has 7 heteroatoms. The first-order valence-corrected chi connectivity index (χ1v) is 7.13. The number of halogens is 2. The Labute approximate surface area is 102 Å². The Hall–Kier alpha value is -0.780. The average Bonchev–Trinajstić information content (AvgIpc) is 2.14. The van der Waals surface area contributed by atoms with Crippen LogP contribution in [0.3, 0.4) is 0 Å². The summed E-state index contributed by atoms with van der Waals surface area (Å²) in [5, 5.41) is 2.63. The van der Waals surface area contributed by atoms with Crippen LogP contribution < -0.4 is 5.32 Å². The summed E-state index contributed by atoms with van der Waals surface area (Å²) in [5.41, 5.74) is 1.27. The van der Waals surface area contributed by atoms with Crippen molar-refractivity contribution in [3.8, 4) is 0 Å². The Kier molecular flexibility index (Phi) is 2.86. The molecule has 0 aromatic heterocycles. The minimum atomic E-state index is -3.85. The van der Waals surface area contributed by atoms with E-state index in [4.69, 9.17) is 22.3 Å². The van der Waals surface area contributed by atoms with Crippen molar-refractivity contribution in [3.63, 3.8) is 0 Å². The van der Waals surface area contributed by atoms with Crippen LogP contribution in [0.1, 0.15) is 12.0 Å². The molecule has 0 aliphatic carbocycles. The summed E-state index contributed by atoms with van der Waals surface area (Å²) >= 11 is 5.78. The summed E-state index contributed by atoms with van der Waals surface area (Å²) < 4.78 is 22.4. The molecule has 1 aromatic rings. The molecule has 0 saturated carbocycles. The van der Waals surface area contributed by atoms with Crippen molar-refractivity contribution in [1.82, 2.24) is 0 Å². The summed E-state index contributed by atoms with van der Waals surface area (Å²) in [5.74, 6) is -0.106. The largest absolute Gasteiger partial charge is 0.326 e. The number of aryl methyl sites for hydroxylation is 1. The normalized spacial score (nSPS) is 15.5. The number of benzene rings is 1. The minimum absolute atomic E-state index is 0.0101. The summed E-state index contributed by atoms with van der Waals surface area (Å²) in [6.07, 6.45) is 0.814. The molecule has 2 rings (SSSR count). The van der Waals surface area contributed by atoms with Gasteiger partial charge in [0.2, 0.25) is 5.91 Å². The van der Waals surface area contributed by atoms with Gasteiger partial charge in [0.15, 0.2) is 0 Å². The lowest BCUT2D eigenvalue weighted by molar-refractivity contribution is -0.116. The van der Waals surface area contributed by atoms with Gasteiger partial charge in [-0.25, -0.2) is 8.42 Å². The highest BCUT2D eigenvalue weighted by Gasteiger charge is 2.21. The number of carbonyl (C=O) groups is 1. The Morgan fingerprint density at radius 2 is 1.94 bits per heavy atom. The zero-order chi connectivity index (χ0) is 11.9. The number of hydrogen-bond donors (Lipinski definition) is 1. The van der Waals surface area contributed by atoms with E-state index in [0.717, 1.165) is 5.56 Å². The Morgan fingerprint density at radius 1 is 1.25 bits per heavy atom. The van der Waals surface area contributed by atoms with Crippen LogP contribution in [0.25, 0.3) is 0 Å². The third-order valence-corrected chi connectivity index (χ3v) is 4.10. The molecule has 1 amide bonds. The van der Waals surface area contributed by atoms with Gasteiger partial charge in [-0.2, -0.15) is 0 Å². The van der Waals surface area contributed by atoms with E-state index in [9.17, 15) is 13.2 Å². The van der Waals surface area contributed by atoms with Gasteiger partial charge in [-0.15, -0.1) is 0 Å². The predicted molar refractivity (Wildman–Crippen MR) is 61.4 cm³/mol. The molecule has 0 spiro atoms. The summed E-state index contributed by atoms with van der Waals surface area (Å²) in [7, 11) is 1.38. The van der Waals surface area contributed by atoms with Gasteiger partial charge in [0, 0.05) is 22.8 Å². The van der Waals surface area contributed by atoms with Crippen molar-refractivity contribution >= 4 is 42.9 Å². The molecule has 0 unspecified atom stereocenters. The topological polar surface area (TPSA) is 63.2 Å². The maximum atomic E-state index is 11.2. The van der Waals surface area contributed by atoms with Crippen molar-refractivity contribution in [2.24, 2.45) is 0 Å². The molecule has 1 aromatic carbocycles. The lowest BCUT2D eigenvalue weighted by Gasteiger charge is -2.17. The van der Waals surface area contributed by atoms with E-state index in [1.165, 1.54) is 12.1 Å². The third kappa shape index (κ3) is 2.16. The van der Waals surface area contributed by atoms with Crippen molar-refractivity contribution in [2.45, 2.75) is 17.7 Å². The maximum Gasteiger partial charge on any atom is 0.262 e. The van der Waals surface area contributed by atoms with Crippen LogP contribution in [0.15, 0.2) is 17.0 Å². The predicted octanol–water partition coefficient (Wildman–Crippen LogP) is 2.15. The van der Waals surface area contributed by atoms with Crippen molar-refractivity contribution in [2.75, 3.05) is 5.32 Å². The van der Waals surface area contributed by atoms with Gasteiger partial charge in [-0.1, -0.05) is 11.6 Å². The SMILES string of the molecule is O=C1CCc2cc(S(=O)(=O)Cl)c(Cl)cc2N1. The fourth-order valence-corrected chi connectivity index (χ4v) is 3.11. The molecular weight excluding hydrogens is 273 g/mol. The lowest BCUT2D eigenvalue weighted by atomic mass is 10.0. The van der Waals surface area contributed by atoms with E-state index < -0.39 is 9.05 Å². The quantitative estimate of drug-likeness (QED) is 0.802. The van der Waals surface area contributed by atoms with Gasteiger partial charge < -0.3 is 5.32 Å². The van der Waals surface area contributed by atoms with Crippen LogP contribution in [0.4, 0.5) is 5.69 Å². The molecular formula is C9H7Cl2NO3S. The molecule has 0 radical (unpaired) electrons. The first-order valence-electron chi connectivity index (χ1n) is 4.45. The van der Waals surface area contributed by atoms with Gasteiger partial charge in [-0.3, -0.25) is 4.79 Å². The second-order valence-corrected chi connectivity index (χ2v) is 6.37. The van der Waals surface area contributed by atoms with Crippen molar-refractivity contribution in [1.29, 1.82) is 0 Å². The van der Waals surface area contributed by atoms with E-state index in [-0.39, 0.29) is 15.8 Å². The van der Waals surface area contributed by atoms with Crippen LogP contribution in [0.5, 0.6) is 0 Å². The zero-order valence-electron chi connectivity index (χ0n) is 7.96. The minimum Gasteiger partial charge on any atom is -0.326 e. The van der Waals surface area contributed by atoms with E-state index in [1.807, 2.05) is 0 Å². The number of amides is 1. The van der Waals surface area contributed by atoms with Gasteiger partial charge in [0.25, 0.3) is 9.05 Å². The van der Waals surface area contributed by atoms with Gasteiger partial charge in [-0.05, 0) is 24.1 Å². The number of hydrogen-bond acceptors (Lipinski definition) is 3. The highest BCUT2D eigenvalue weighted by Crippen LogP contribution is 2.33. The van der Waals surface area contributed by atoms with E-state index in [2.05, 4.69) is 5.32 Å². The monoisotopic (exact) mass is 279 g/mol. The molecule has 4 nitrogen and oxygen atoms in total. The number of nitrogens with one attached hydrogen (secondary N) is 1. The third-order valence-electron chi connectivity index (χ3n) is 2.32. The van der Waals surface area contributed by atoms with E-state index in [1.54, 1.807) is 0 Å². The molecule has 0 bridgehead atoms. The zero-order valence-corrected chi connectivity index (χ0v) is 10.3. The van der Waals surface area contributed by atoms with Gasteiger partial charge >= 0.3 is 0 Å². The van der Waals surface area contributed by atoms with Crippen LogP contribution in [0.2, 0.25) is 5.02 Å². The van der Waals surface area contributed by atoms with Crippen LogP contribution in [0, 0.1) is 0 Å². The molecule has 0 atom stereocenters. The van der Waals surface area contributed by atoms with Gasteiger partial charge in [0.1, 0.15) is 4.90 Å². The van der Waals surface area contributed by atoms with E-state index >= 15 is 0 Å². The molecule has 1 heterocycles. The standard InChI is InChI=1S/C9H7Cl2NO3S/c10-6-4-7-5(1-2-9(13)12-7)3-8(6)16(11,14)15/h3-4H,1-2H2,(H,12,13). The fraction of sp³-hybridized carbons (Fsp3) is 0.222. The van der Waals surface area contributed by atoms with Gasteiger partial charge in [0.05, 0.1) is 5.02 Å². The van der Waals surface area contributed by atoms with Crippen molar-refractivity contribution < 1.29 is 13.2 Å². The number of carbonyl (C=O) groups excluding carboxylic acids is 1.